The van der Waals surface area contributed by atoms with Gasteiger partial charge in [-0.05, 0) is 18.7 Å². The molecule has 1 unspecified atom stereocenters. The Balaban J connectivity index is 1.93. The summed E-state index contributed by atoms with van der Waals surface area (Å²) in [6, 6.07) is 12.6. The Morgan fingerprint density at radius 3 is 2.81 bits per heavy atom. The third-order valence-electron chi connectivity index (χ3n) is 3.74. The number of nitrogens with zero attached hydrogens (tertiary/aromatic N) is 3. The highest BCUT2D eigenvalue weighted by molar-refractivity contribution is 5.78. The first-order valence-corrected chi connectivity index (χ1v) is 7.33. The Labute approximate surface area is 124 Å². The molecule has 21 heavy (non-hydrogen) atoms. The number of benzene rings is 1. The van der Waals surface area contributed by atoms with Gasteiger partial charge in [0.1, 0.15) is 5.82 Å². The molecule has 0 fully saturated rings. The molecular weight excluding hydrogens is 260 g/mol. The van der Waals surface area contributed by atoms with Crippen molar-refractivity contribution in [1.29, 1.82) is 0 Å². The second kappa shape index (κ2) is 6.06. The van der Waals surface area contributed by atoms with Gasteiger partial charge >= 0.3 is 0 Å². The molecular formula is C17H20N4. The molecule has 0 radical (unpaired) electrons. The quantitative estimate of drug-likeness (QED) is 0.781. The van der Waals surface area contributed by atoms with Gasteiger partial charge in [0.05, 0.1) is 17.3 Å². The summed E-state index contributed by atoms with van der Waals surface area (Å²) in [6.45, 7) is 3.02. The van der Waals surface area contributed by atoms with E-state index in [0.717, 1.165) is 30.0 Å². The highest BCUT2D eigenvalue weighted by atomic mass is 15.0. The summed E-state index contributed by atoms with van der Waals surface area (Å²) in [7, 11) is 2.03. The SMILES string of the molecule is CCNC(Cc1nccn1C)c1ccc2ccccc2n1. The van der Waals surface area contributed by atoms with E-state index in [4.69, 9.17) is 4.98 Å². The third-order valence-corrected chi connectivity index (χ3v) is 3.74. The molecule has 2 aromatic heterocycles. The minimum atomic E-state index is 0.181. The summed E-state index contributed by atoms with van der Waals surface area (Å²) in [4.78, 5) is 9.23. The molecule has 0 aliphatic carbocycles. The molecule has 0 spiro atoms. The summed E-state index contributed by atoms with van der Waals surface area (Å²) in [6.07, 6.45) is 4.65. The van der Waals surface area contributed by atoms with Gasteiger partial charge in [-0.25, -0.2) is 4.98 Å². The Bertz CT molecular complexity index is 732. The lowest BCUT2D eigenvalue weighted by molar-refractivity contribution is 0.519. The van der Waals surface area contributed by atoms with Crippen LogP contribution >= 0.6 is 0 Å². The van der Waals surface area contributed by atoms with E-state index in [-0.39, 0.29) is 6.04 Å². The predicted molar refractivity (Wildman–Crippen MR) is 85.1 cm³/mol. The van der Waals surface area contributed by atoms with E-state index >= 15 is 0 Å². The first-order chi connectivity index (χ1) is 10.3. The molecule has 0 saturated heterocycles. The number of hydrogen-bond donors (Lipinski definition) is 1. The van der Waals surface area contributed by atoms with Gasteiger partial charge in [-0.2, -0.15) is 0 Å². The number of pyridine rings is 1. The number of aromatic nitrogens is 3. The van der Waals surface area contributed by atoms with Crippen LogP contribution in [0.5, 0.6) is 0 Å². The number of rotatable bonds is 5. The van der Waals surface area contributed by atoms with Gasteiger partial charge < -0.3 is 9.88 Å². The van der Waals surface area contributed by atoms with E-state index in [1.165, 1.54) is 5.39 Å². The molecule has 4 heteroatoms. The summed E-state index contributed by atoms with van der Waals surface area (Å²) >= 11 is 0. The van der Waals surface area contributed by atoms with Crippen LogP contribution in [-0.2, 0) is 13.5 Å². The van der Waals surface area contributed by atoms with Gasteiger partial charge in [0, 0.05) is 31.2 Å². The molecule has 3 aromatic rings. The van der Waals surface area contributed by atoms with Crippen molar-refractivity contribution in [3.8, 4) is 0 Å². The van der Waals surface area contributed by atoms with E-state index < -0.39 is 0 Å². The van der Waals surface area contributed by atoms with Crippen molar-refractivity contribution in [3.05, 3.63) is 60.3 Å². The summed E-state index contributed by atoms with van der Waals surface area (Å²) in [5.74, 6) is 1.07. The normalized spacial score (nSPS) is 12.7. The molecule has 4 nitrogen and oxygen atoms in total. The smallest absolute Gasteiger partial charge is 0.110 e. The minimum Gasteiger partial charge on any atom is -0.338 e. The van der Waals surface area contributed by atoms with Crippen molar-refractivity contribution < 1.29 is 0 Å². The zero-order valence-electron chi connectivity index (χ0n) is 12.5. The number of aryl methyl sites for hydroxylation is 1. The Hall–Kier alpha value is -2.20. The molecule has 0 bridgehead atoms. The van der Waals surface area contributed by atoms with Crippen LogP contribution in [0.4, 0.5) is 0 Å². The predicted octanol–water partition coefficient (Wildman–Crippen LogP) is 2.86. The Morgan fingerprint density at radius 2 is 2.05 bits per heavy atom. The van der Waals surface area contributed by atoms with Crippen LogP contribution in [0.3, 0.4) is 0 Å². The van der Waals surface area contributed by atoms with Crippen molar-refractivity contribution in [1.82, 2.24) is 19.9 Å². The van der Waals surface area contributed by atoms with Gasteiger partial charge in [-0.3, -0.25) is 4.98 Å². The summed E-state index contributed by atoms with van der Waals surface area (Å²) in [5.41, 5.74) is 2.11. The first-order valence-electron chi connectivity index (χ1n) is 7.33. The minimum absolute atomic E-state index is 0.181. The molecule has 1 aromatic carbocycles. The summed E-state index contributed by atoms with van der Waals surface area (Å²) < 4.78 is 2.06. The van der Waals surface area contributed by atoms with E-state index in [0.29, 0.717) is 0 Å². The number of imidazole rings is 1. The molecule has 0 aliphatic heterocycles. The zero-order chi connectivity index (χ0) is 14.7. The number of nitrogens with one attached hydrogen (secondary N) is 1. The van der Waals surface area contributed by atoms with Crippen molar-refractivity contribution in [2.45, 2.75) is 19.4 Å². The van der Waals surface area contributed by atoms with Gasteiger partial charge in [-0.1, -0.05) is 31.2 Å². The van der Waals surface area contributed by atoms with E-state index in [1.54, 1.807) is 0 Å². The lowest BCUT2D eigenvalue weighted by Gasteiger charge is -2.17. The molecule has 0 amide bonds. The lowest BCUT2D eigenvalue weighted by Crippen LogP contribution is -2.25. The zero-order valence-corrected chi connectivity index (χ0v) is 12.5. The highest BCUT2D eigenvalue weighted by Gasteiger charge is 2.15. The average molecular weight is 280 g/mol. The molecule has 3 rings (SSSR count). The second-order valence-electron chi connectivity index (χ2n) is 5.20. The van der Waals surface area contributed by atoms with Crippen molar-refractivity contribution in [3.63, 3.8) is 0 Å². The molecule has 108 valence electrons. The van der Waals surface area contributed by atoms with E-state index in [9.17, 15) is 0 Å². The molecule has 1 N–H and O–H groups in total. The summed E-state index contributed by atoms with van der Waals surface area (Å²) in [5, 5.41) is 4.69. The van der Waals surface area contributed by atoms with Crippen molar-refractivity contribution in [2.75, 3.05) is 6.54 Å². The van der Waals surface area contributed by atoms with Crippen LogP contribution in [0.2, 0.25) is 0 Å². The molecule has 2 heterocycles. The maximum Gasteiger partial charge on any atom is 0.110 e. The van der Waals surface area contributed by atoms with Gasteiger partial charge in [-0.15, -0.1) is 0 Å². The van der Waals surface area contributed by atoms with E-state index in [2.05, 4.69) is 46.1 Å². The maximum atomic E-state index is 4.80. The second-order valence-corrected chi connectivity index (χ2v) is 5.20. The fourth-order valence-corrected chi connectivity index (χ4v) is 2.58. The van der Waals surface area contributed by atoms with Gasteiger partial charge in [0.25, 0.3) is 0 Å². The van der Waals surface area contributed by atoms with Crippen LogP contribution in [-0.4, -0.2) is 21.1 Å². The molecule has 1 atom stereocenters. The lowest BCUT2D eigenvalue weighted by atomic mass is 10.1. The average Bonchev–Trinajstić information content (AvgIpc) is 2.91. The van der Waals surface area contributed by atoms with E-state index in [1.807, 2.05) is 31.6 Å². The van der Waals surface area contributed by atoms with Crippen molar-refractivity contribution in [2.24, 2.45) is 7.05 Å². The van der Waals surface area contributed by atoms with Crippen LogP contribution in [0, 0.1) is 0 Å². The third kappa shape index (κ3) is 2.95. The topological polar surface area (TPSA) is 42.7 Å². The molecule has 0 saturated carbocycles. The molecule has 0 aliphatic rings. The number of para-hydroxylation sites is 1. The van der Waals surface area contributed by atoms with Gasteiger partial charge in [0.2, 0.25) is 0 Å². The van der Waals surface area contributed by atoms with Crippen LogP contribution in [0.15, 0.2) is 48.8 Å². The first kappa shape index (κ1) is 13.8. The largest absolute Gasteiger partial charge is 0.338 e. The van der Waals surface area contributed by atoms with Crippen molar-refractivity contribution >= 4 is 10.9 Å². The monoisotopic (exact) mass is 280 g/mol. The fourth-order valence-electron chi connectivity index (χ4n) is 2.58. The Kier molecular flexibility index (Phi) is 3.97. The van der Waals surface area contributed by atoms with Crippen LogP contribution in [0.25, 0.3) is 10.9 Å². The Morgan fingerprint density at radius 1 is 1.19 bits per heavy atom. The fraction of sp³-hybridized carbons (Fsp3) is 0.294. The number of hydrogen-bond acceptors (Lipinski definition) is 3. The van der Waals surface area contributed by atoms with Crippen LogP contribution < -0.4 is 5.32 Å². The number of likely N-dealkylation sites (N-methyl/N-ethyl adjacent to an activating group) is 1. The van der Waals surface area contributed by atoms with Gasteiger partial charge in [0.15, 0.2) is 0 Å². The van der Waals surface area contributed by atoms with Crippen LogP contribution in [0.1, 0.15) is 24.5 Å². The number of fused-ring (bicyclic) bond motifs is 1. The maximum absolute atomic E-state index is 4.80. The standard InChI is InChI=1S/C17H20N4/c1-3-18-16(12-17-19-10-11-21(17)2)15-9-8-13-6-4-5-7-14(13)20-15/h4-11,16,18H,3,12H2,1-2H3. The highest BCUT2D eigenvalue weighted by Crippen LogP contribution is 2.19.